The lowest BCUT2D eigenvalue weighted by molar-refractivity contribution is -0.135. The minimum atomic E-state index is -1.18. The molecule has 9 heteroatoms. The Bertz CT molecular complexity index is 1080. The third-order valence-electron chi connectivity index (χ3n) is 6.57. The number of amides is 2. The highest BCUT2D eigenvalue weighted by Crippen LogP contribution is 2.38. The molecule has 3 heterocycles. The number of hydrogen-bond acceptors (Lipinski definition) is 5. The molecule has 2 N–H and O–H groups in total. The number of pyridine rings is 1. The predicted octanol–water partition coefficient (Wildman–Crippen LogP) is 4.49. The van der Waals surface area contributed by atoms with Crippen molar-refractivity contribution in [1.82, 2.24) is 15.6 Å². The van der Waals surface area contributed by atoms with Gasteiger partial charge in [-0.1, -0.05) is 11.6 Å². The summed E-state index contributed by atoms with van der Waals surface area (Å²) in [4.78, 5) is 32.1. The first-order chi connectivity index (χ1) is 16.5. The zero-order chi connectivity index (χ0) is 25.3. The van der Waals surface area contributed by atoms with Crippen LogP contribution in [0.25, 0.3) is 0 Å². The van der Waals surface area contributed by atoms with Crippen molar-refractivity contribution >= 4 is 29.2 Å². The summed E-state index contributed by atoms with van der Waals surface area (Å²) in [7, 11) is 0. The van der Waals surface area contributed by atoms with E-state index >= 15 is 0 Å². The molecule has 188 valence electrons. The Morgan fingerprint density at radius 3 is 2.43 bits per heavy atom. The van der Waals surface area contributed by atoms with Crippen LogP contribution >= 0.6 is 11.6 Å². The van der Waals surface area contributed by atoms with Gasteiger partial charge < -0.3 is 20.3 Å². The van der Waals surface area contributed by atoms with Gasteiger partial charge in [0.25, 0.3) is 11.8 Å². The maximum atomic E-state index is 13.8. The van der Waals surface area contributed by atoms with Gasteiger partial charge in [-0.3, -0.25) is 9.59 Å². The van der Waals surface area contributed by atoms with Gasteiger partial charge in [-0.25, -0.2) is 9.37 Å². The van der Waals surface area contributed by atoms with Crippen LogP contribution in [0.4, 0.5) is 10.2 Å². The fourth-order valence-electron chi connectivity index (χ4n) is 4.93. The number of carbonyl (C=O) groups excluding carboxylic acids is 2. The molecule has 0 aliphatic carbocycles. The fraction of sp³-hybridized carbons (Fsp3) is 0.500. The molecule has 7 nitrogen and oxygen atoms in total. The Kier molecular flexibility index (Phi) is 7.22. The van der Waals surface area contributed by atoms with Crippen LogP contribution in [-0.2, 0) is 4.79 Å². The molecule has 2 fully saturated rings. The molecule has 4 rings (SSSR count). The van der Waals surface area contributed by atoms with E-state index in [1.165, 1.54) is 12.1 Å². The van der Waals surface area contributed by atoms with E-state index in [1.807, 2.05) is 26.0 Å². The Morgan fingerprint density at radius 1 is 1.17 bits per heavy atom. The van der Waals surface area contributed by atoms with Gasteiger partial charge in [-0.15, -0.1) is 0 Å². The highest BCUT2D eigenvalue weighted by atomic mass is 35.5. The quantitative estimate of drug-likeness (QED) is 0.583. The van der Waals surface area contributed by atoms with Gasteiger partial charge in [0, 0.05) is 36.4 Å². The van der Waals surface area contributed by atoms with Crippen molar-refractivity contribution < 1.29 is 18.7 Å². The molecule has 0 radical (unpaired) electrons. The number of fused-ring (bicyclic) bond motifs is 2. The summed E-state index contributed by atoms with van der Waals surface area (Å²) < 4.78 is 19.6. The maximum absolute atomic E-state index is 13.8. The first-order valence-corrected chi connectivity index (χ1v) is 12.4. The largest absolute Gasteiger partial charge is 0.478 e. The lowest BCUT2D eigenvalue weighted by Crippen LogP contribution is -2.55. The van der Waals surface area contributed by atoms with Crippen LogP contribution in [0.2, 0.25) is 5.02 Å². The summed E-state index contributed by atoms with van der Waals surface area (Å²) in [5.41, 5.74) is -0.635. The molecular formula is C26H32ClFN4O3. The number of halogens is 2. The number of rotatable bonds is 7. The smallest absolute Gasteiger partial charge is 0.263 e. The number of hydrogen-bond donors (Lipinski definition) is 2. The number of aromatic nitrogens is 1. The van der Waals surface area contributed by atoms with Gasteiger partial charge in [-0.05, 0) is 77.6 Å². The number of carbonyl (C=O) groups is 2. The average molecular weight is 503 g/mol. The van der Waals surface area contributed by atoms with Crippen LogP contribution in [0.5, 0.6) is 5.75 Å². The van der Waals surface area contributed by atoms with Crippen molar-refractivity contribution in [2.75, 3.05) is 4.90 Å². The van der Waals surface area contributed by atoms with E-state index in [0.717, 1.165) is 31.5 Å². The van der Waals surface area contributed by atoms with Gasteiger partial charge in [0.1, 0.15) is 17.4 Å². The highest BCUT2D eigenvalue weighted by Gasteiger charge is 2.43. The Labute approximate surface area is 210 Å². The first kappa shape index (κ1) is 25.2. The van der Waals surface area contributed by atoms with Gasteiger partial charge in [0.15, 0.2) is 5.60 Å². The Hall–Kier alpha value is -2.87. The monoisotopic (exact) mass is 502 g/mol. The molecule has 2 saturated heterocycles. The molecule has 2 aliphatic rings. The van der Waals surface area contributed by atoms with Crippen LogP contribution in [0, 0.1) is 5.82 Å². The molecule has 2 atom stereocenters. The van der Waals surface area contributed by atoms with E-state index in [4.69, 9.17) is 16.3 Å². The van der Waals surface area contributed by atoms with Gasteiger partial charge >= 0.3 is 0 Å². The van der Waals surface area contributed by atoms with Crippen molar-refractivity contribution in [2.45, 2.75) is 83.1 Å². The van der Waals surface area contributed by atoms with E-state index in [9.17, 15) is 14.0 Å². The summed E-state index contributed by atoms with van der Waals surface area (Å²) in [6, 6.07) is 8.45. The van der Waals surface area contributed by atoms with E-state index < -0.39 is 11.4 Å². The molecule has 0 spiro atoms. The van der Waals surface area contributed by atoms with Crippen molar-refractivity contribution in [2.24, 2.45) is 0 Å². The third kappa shape index (κ3) is 5.69. The Balaban J connectivity index is 1.37. The number of nitrogens with zero attached hydrogens (tertiary/aromatic N) is 2. The summed E-state index contributed by atoms with van der Waals surface area (Å²) >= 11 is 5.74. The minimum Gasteiger partial charge on any atom is -0.478 e. The lowest BCUT2D eigenvalue weighted by Gasteiger charge is -2.40. The van der Waals surface area contributed by atoms with Crippen LogP contribution in [0.1, 0.15) is 63.7 Å². The average Bonchev–Trinajstić information content (AvgIpc) is 3.06. The molecular weight excluding hydrogens is 471 g/mol. The molecule has 2 bridgehead atoms. The molecule has 1 aromatic carbocycles. The molecule has 0 saturated carbocycles. The Morgan fingerprint density at radius 2 is 1.86 bits per heavy atom. The summed E-state index contributed by atoms with van der Waals surface area (Å²) in [5.74, 6) is 0.140. The topological polar surface area (TPSA) is 83.6 Å². The predicted molar refractivity (Wildman–Crippen MR) is 133 cm³/mol. The second-order valence-electron chi connectivity index (χ2n) is 10.2. The zero-order valence-corrected chi connectivity index (χ0v) is 21.2. The van der Waals surface area contributed by atoms with Crippen LogP contribution < -0.4 is 20.3 Å². The van der Waals surface area contributed by atoms with Crippen molar-refractivity contribution in [3.05, 3.63) is 52.9 Å². The van der Waals surface area contributed by atoms with Gasteiger partial charge in [0.2, 0.25) is 0 Å². The number of anilines is 1. The molecule has 35 heavy (non-hydrogen) atoms. The summed E-state index contributed by atoms with van der Waals surface area (Å²) in [6.45, 7) is 7.18. The van der Waals surface area contributed by atoms with Gasteiger partial charge in [-0.2, -0.15) is 0 Å². The molecule has 2 unspecified atom stereocenters. The van der Waals surface area contributed by atoms with E-state index in [-0.39, 0.29) is 46.8 Å². The molecule has 2 aliphatic heterocycles. The van der Waals surface area contributed by atoms with E-state index in [0.29, 0.717) is 5.56 Å². The molecule has 1 aromatic heterocycles. The number of nitrogens with one attached hydrogen (secondary N) is 2. The third-order valence-corrected chi connectivity index (χ3v) is 6.88. The number of piperidine rings is 1. The number of benzene rings is 1. The van der Waals surface area contributed by atoms with E-state index in [1.54, 1.807) is 26.1 Å². The second-order valence-corrected chi connectivity index (χ2v) is 10.6. The zero-order valence-electron chi connectivity index (χ0n) is 20.5. The minimum absolute atomic E-state index is 0.00444. The van der Waals surface area contributed by atoms with Crippen LogP contribution in [-0.4, -0.2) is 46.6 Å². The standard InChI is InChI=1S/C26H32ClFN4O3/c1-15(2)30-24(33)16-5-10-23(29-14-16)32-18-6-7-19(32)12-17(11-18)31-25(34)26(3,4)35-20-8-9-21(27)22(28)13-20/h5,8-10,13-15,17-19H,6-7,11-12H2,1-4H3,(H,30,33)(H,31,34). The second kappa shape index (κ2) is 10.0. The van der Waals surface area contributed by atoms with Crippen LogP contribution in [0.15, 0.2) is 36.5 Å². The molecule has 2 aromatic rings. The van der Waals surface area contributed by atoms with Crippen molar-refractivity contribution in [3.8, 4) is 5.75 Å². The first-order valence-electron chi connectivity index (χ1n) is 12.0. The maximum Gasteiger partial charge on any atom is 0.263 e. The lowest BCUT2D eigenvalue weighted by atomic mass is 9.96. The van der Waals surface area contributed by atoms with Crippen molar-refractivity contribution in [3.63, 3.8) is 0 Å². The van der Waals surface area contributed by atoms with Crippen molar-refractivity contribution in [1.29, 1.82) is 0 Å². The SMILES string of the molecule is CC(C)NC(=O)c1ccc(N2C3CCC2CC(NC(=O)C(C)(C)Oc2ccc(Cl)c(F)c2)C3)nc1. The number of ether oxygens (including phenoxy) is 1. The van der Waals surface area contributed by atoms with E-state index in [2.05, 4.69) is 20.5 Å². The fourth-order valence-corrected chi connectivity index (χ4v) is 5.05. The summed E-state index contributed by atoms with van der Waals surface area (Å²) in [6.07, 6.45) is 5.27. The van der Waals surface area contributed by atoms with Crippen LogP contribution in [0.3, 0.4) is 0 Å². The molecule has 2 amide bonds. The highest BCUT2D eigenvalue weighted by molar-refractivity contribution is 6.30. The van der Waals surface area contributed by atoms with Gasteiger partial charge in [0.05, 0.1) is 10.6 Å². The normalized spacial score (nSPS) is 21.7. The summed E-state index contributed by atoms with van der Waals surface area (Å²) in [5, 5.41) is 6.02.